The highest BCUT2D eigenvalue weighted by molar-refractivity contribution is 5.98. The Morgan fingerprint density at radius 3 is 2.53 bits per heavy atom. The zero-order chi connectivity index (χ0) is 12.7. The van der Waals surface area contributed by atoms with Gasteiger partial charge in [0.1, 0.15) is 0 Å². The molecule has 2 N–H and O–H groups in total. The maximum absolute atomic E-state index is 11.4. The molecule has 1 atom stereocenters. The highest BCUT2D eigenvalue weighted by Crippen LogP contribution is 2.02. The van der Waals surface area contributed by atoms with Crippen molar-refractivity contribution in [2.45, 2.75) is 6.10 Å². The second-order valence-electron chi connectivity index (χ2n) is 3.13. The predicted molar refractivity (Wildman–Crippen MR) is 59.1 cm³/mol. The Morgan fingerprint density at radius 1 is 1.29 bits per heavy atom. The van der Waals surface area contributed by atoms with Crippen molar-refractivity contribution in [3.8, 4) is 0 Å². The molecule has 0 radical (unpaired) electrons. The summed E-state index contributed by atoms with van der Waals surface area (Å²) in [5.74, 6) is -1.91. The number of ether oxygens (including phenoxy) is 1. The van der Waals surface area contributed by atoms with Crippen LogP contribution in [0.15, 0.2) is 42.5 Å². The lowest BCUT2D eigenvalue weighted by atomic mass is 10.2. The average molecular weight is 236 g/mol. The minimum atomic E-state index is -1.56. The molecule has 0 fully saturated rings. The van der Waals surface area contributed by atoms with Gasteiger partial charge in [-0.15, -0.1) is 0 Å². The van der Waals surface area contributed by atoms with E-state index < -0.39 is 18.0 Å². The topological polar surface area (TPSA) is 83.8 Å². The Kier molecular flexibility index (Phi) is 5.06. The summed E-state index contributed by atoms with van der Waals surface area (Å²) in [6, 6.07) is 7.96. The summed E-state index contributed by atoms with van der Waals surface area (Å²) in [5, 5.41) is 17.7. The number of hydrogen-bond acceptors (Lipinski definition) is 5. The maximum atomic E-state index is 11.4. The van der Waals surface area contributed by atoms with Crippen LogP contribution in [0.25, 0.3) is 0 Å². The largest absolute Gasteiger partial charge is 0.392 e. The lowest BCUT2D eigenvalue weighted by Gasteiger charge is -2.05. The summed E-state index contributed by atoms with van der Waals surface area (Å²) in [5.41, 5.74) is 0.221. The van der Waals surface area contributed by atoms with E-state index in [1.165, 1.54) is 18.2 Å². The van der Waals surface area contributed by atoms with E-state index in [-0.39, 0.29) is 12.2 Å². The van der Waals surface area contributed by atoms with Crippen LogP contribution in [-0.2, 0) is 9.53 Å². The summed E-state index contributed by atoms with van der Waals surface area (Å²) in [4.78, 5) is 22.6. The summed E-state index contributed by atoms with van der Waals surface area (Å²) < 4.78 is 4.43. The first-order valence-corrected chi connectivity index (χ1v) is 4.92. The predicted octanol–water partition coefficient (Wildman–Crippen LogP) is 0.279. The number of carbonyl (C=O) groups excluding carboxylic acids is 2. The molecule has 0 bridgehead atoms. The van der Waals surface area contributed by atoms with Crippen LogP contribution in [0.1, 0.15) is 10.4 Å². The Bertz CT molecular complexity index is 410. The molecule has 5 heteroatoms. The van der Waals surface area contributed by atoms with E-state index in [0.717, 1.165) is 6.08 Å². The zero-order valence-electron chi connectivity index (χ0n) is 8.95. The summed E-state index contributed by atoms with van der Waals surface area (Å²) in [6.07, 6.45) is 0.661. The number of aliphatic hydroxyl groups excluding tert-OH is 2. The molecule has 0 aliphatic heterocycles. The molecule has 5 nitrogen and oxygen atoms in total. The van der Waals surface area contributed by atoms with Gasteiger partial charge >= 0.3 is 11.9 Å². The Hall–Kier alpha value is -1.98. The smallest absolute Gasteiger partial charge is 0.346 e. The van der Waals surface area contributed by atoms with Crippen molar-refractivity contribution < 1.29 is 24.5 Å². The lowest BCUT2D eigenvalue weighted by Crippen LogP contribution is -2.24. The van der Waals surface area contributed by atoms with Gasteiger partial charge < -0.3 is 14.9 Å². The molecular formula is C12H12O5. The Morgan fingerprint density at radius 2 is 1.94 bits per heavy atom. The fourth-order valence-electron chi connectivity index (χ4n) is 1.05. The van der Waals surface area contributed by atoms with Crippen molar-refractivity contribution in [3.63, 3.8) is 0 Å². The number of esters is 2. The van der Waals surface area contributed by atoms with Crippen LogP contribution < -0.4 is 0 Å². The second kappa shape index (κ2) is 6.57. The Labute approximate surface area is 98.0 Å². The van der Waals surface area contributed by atoms with E-state index in [9.17, 15) is 14.7 Å². The van der Waals surface area contributed by atoms with Gasteiger partial charge in [-0.25, -0.2) is 9.59 Å². The molecule has 1 aromatic carbocycles. The van der Waals surface area contributed by atoms with E-state index in [1.54, 1.807) is 18.2 Å². The van der Waals surface area contributed by atoms with E-state index in [2.05, 4.69) is 4.74 Å². The quantitative estimate of drug-likeness (QED) is 0.445. The van der Waals surface area contributed by atoms with Gasteiger partial charge in [0.25, 0.3) is 0 Å². The van der Waals surface area contributed by atoms with Crippen LogP contribution in [-0.4, -0.2) is 34.9 Å². The number of benzene rings is 1. The van der Waals surface area contributed by atoms with Gasteiger partial charge in [0.2, 0.25) is 0 Å². The lowest BCUT2D eigenvalue weighted by molar-refractivity contribution is -0.144. The van der Waals surface area contributed by atoms with Crippen molar-refractivity contribution in [2.75, 3.05) is 6.61 Å². The number of hydrogen-bond donors (Lipinski definition) is 2. The van der Waals surface area contributed by atoms with Crippen molar-refractivity contribution >= 4 is 11.9 Å². The van der Waals surface area contributed by atoms with Crippen LogP contribution in [0.4, 0.5) is 0 Å². The van der Waals surface area contributed by atoms with Gasteiger partial charge in [0.15, 0.2) is 6.10 Å². The monoisotopic (exact) mass is 236 g/mol. The van der Waals surface area contributed by atoms with Crippen LogP contribution in [0, 0.1) is 0 Å². The zero-order valence-corrected chi connectivity index (χ0v) is 8.95. The van der Waals surface area contributed by atoms with Crippen molar-refractivity contribution in [3.05, 3.63) is 48.0 Å². The first-order chi connectivity index (χ1) is 8.15. The van der Waals surface area contributed by atoms with Gasteiger partial charge in [0, 0.05) is 0 Å². The third-order valence-electron chi connectivity index (χ3n) is 1.87. The first kappa shape index (κ1) is 13.1. The third-order valence-corrected chi connectivity index (χ3v) is 1.87. The molecule has 0 saturated carbocycles. The maximum Gasteiger partial charge on any atom is 0.346 e. The molecule has 0 aromatic heterocycles. The van der Waals surface area contributed by atoms with Gasteiger partial charge in [0.05, 0.1) is 12.2 Å². The van der Waals surface area contributed by atoms with Crippen LogP contribution in [0.3, 0.4) is 0 Å². The van der Waals surface area contributed by atoms with Gasteiger partial charge in [-0.05, 0) is 18.2 Å². The average Bonchev–Trinajstić information content (AvgIpc) is 2.36. The van der Waals surface area contributed by atoms with Crippen molar-refractivity contribution in [1.29, 1.82) is 0 Å². The van der Waals surface area contributed by atoms with Crippen LogP contribution in [0.2, 0.25) is 0 Å². The molecule has 1 rings (SSSR count). The molecule has 0 spiro atoms. The highest BCUT2D eigenvalue weighted by atomic mass is 16.6. The minimum Gasteiger partial charge on any atom is -0.392 e. The van der Waals surface area contributed by atoms with Gasteiger partial charge in [-0.3, -0.25) is 0 Å². The molecular weight excluding hydrogens is 224 g/mol. The first-order valence-electron chi connectivity index (χ1n) is 4.92. The third kappa shape index (κ3) is 4.18. The summed E-state index contributed by atoms with van der Waals surface area (Å²) in [6.45, 7) is -0.309. The van der Waals surface area contributed by atoms with E-state index >= 15 is 0 Å². The number of rotatable bonds is 4. The molecule has 0 aliphatic rings. The molecule has 17 heavy (non-hydrogen) atoms. The fourth-order valence-corrected chi connectivity index (χ4v) is 1.05. The summed E-state index contributed by atoms with van der Waals surface area (Å²) in [7, 11) is 0. The van der Waals surface area contributed by atoms with E-state index in [4.69, 9.17) is 5.11 Å². The molecule has 0 saturated heterocycles. The molecule has 90 valence electrons. The number of carbonyl (C=O) groups is 2. The second-order valence-corrected chi connectivity index (χ2v) is 3.13. The van der Waals surface area contributed by atoms with Crippen molar-refractivity contribution in [1.82, 2.24) is 0 Å². The van der Waals surface area contributed by atoms with Gasteiger partial charge in [-0.1, -0.05) is 24.3 Å². The normalized spacial score (nSPS) is 12.4. The van der Waals surface area contributed by atoms with Crippen molar-refractivity contribution in [2.24, 2.45) is 0 Å². The van der Waals surface area contributed by atoms with Crippen LogP contribution in [0.5, 0.6) is 0 Å². The summed E-state index contributed by atoms with van der Waals surface area (Å²) >= 11 is 0. The van der Waals surface area contributed by atoms with E-state index in [0.29, 0.717) is 0 Å². The fraction of sp³-hybridized carbons (Fsp3) is 0.167. The minimum absolute atomic E-state index is 0.221. The Balaban J connectivity index is 2.58. The molecule has 0 amide bonds. The van der Waals surface area contributed by atoms with Crippen LogP contribution >= 0.6 is 0 Å². The SMILES string of the molecule is O=C(OC(=O)C(O)C=CCO)c1ccccc1. The highest BCUT2D eigenvalue weighted by Gasteiger charge is 2.18. The standard InChI is InChI=1S/C12H12O5/c13-8-4-7-10(14)12(16)17-11(15)9-5-2-1-3-6-9/h1-7,10,13-14H,8H2. The van der Waals surface area contributed by atoms with E-state index in [1.807, 2.05) is 0 Å². The number of aliphatic hydroxyl groups is 2. The molecule has 1 unspecified atom stereocenters. The molecule has 1 aromatic rings. The molecule has 0 heterocycles. The molecule has 0 aliphatic carbocycles. The van der Waals surface area contributed by atoms with Gasteiger partial charge in [-0.2, -0.15) is 0 Å².